The smallest absolute Gasteiger partial charge is 0.261 e. The number of nitrogens with zero attached hydrogens (tertiary/aromatic N) is 3. The lowest BCUT2D eigenvalue weighted by molar-refractivity contribution is -0.134. The molecule has 1 aromatic carbocycles. The van der Waals surface area contributed by atoms with Gasteiger partial charge in [0, 0.05) is 20.0 Å². The zero-order valence-corrected chi connectivity index (χ0v) is 15.8. The standard InChI is InChI=1S/C20H29N3O2/c1-5-8-13-18(24)23(14-6-2)17(7-3)19-21-16-12-10-9-11-15(16)20(25)22(19)4/h9-12,17H,5-8,13-14H2,1-4H3. The van der Waals surface area contributed by atoms with Crippen LogP contribution in [0.3, 0.4) is 0 Å². The molecule has 1 aromatic heterocycles. The summed E-state index contributed by atoms with van der Waals surface area (Å²) in [6, 6.07) is 7.21. The Morgan fingerprint density at radius 3 is 2.56 bits per heavy atom. The summed E-state index contributed by atoms with van der Waals surface area (Å²) in [5.41, 5.74) is 0.632. The third-order valence-corrected chi connectivity index (χ3v) is 4.61. The first-order chi connectivity index (χ1) is 12.0. The molecular formula is C20H29N3O2. The normalized spacial score (nSPS) is 12.3. The molecule has 0 aliphatic carbocycles. The van der Waals surface area contributed by atoms with Crippen LogP contribution in [-0.4, -0.2) is 26.9 Å². The van der Waals surface area contributed by atoms with Crippen LogP contribution in [0.1, 0.15) is 64.7 Å². The molecule has 0 fully saturated rings. The summed E-state index contributed by atoms with van der Waals surface area (Å²) in [7, 11) is 1.75. The van der Waals surface area contributed by atoms with E-state index in [1.807, 2.05) is 30.0 Å². The van der Waals surface area contributed by atoms with Crippen molar-refractivity contribution in [2.24, 2.45) is 7.05 Å². The molecule has 0 spiro atoms. The first-order valence-corrected chi connectivity index (χ1v) is 9.30. The van der Waals surface area contributed by atoms with Gasteiger partial charge in [0.2, 0.25) is 5.91 Å². The van der Waals surface area contributed by atoms with Crippen LogP contribution in [0.5, 0.6) is 0 Å². The number of hydrogen-bond donors (Lipinski definition) is 0. The van der Waals surface area contributed by atoms with Gasteiger partial charge in [-0.25, -0.2) is 4.98 Å². The van der Waals surface area contributed by atoms with E-state index in [-0.39, 0.29) is 17.5 Å². The SMILES string of the molecule is CCCCC(=O)N(CCC)C(CC)c1nc2ccccc2c(=O)n1C. The van der Waals surface area contributed by atoms with Crippen molar-refractivity contribution in [1.82, 2.24) is 14.5 Å². The molecule has 1 unspecified atom stereocenters. The van der Waals surface area contributed by atoms with E-state index >= 15 is 0 Å². The number of benzene rings is 1. The van der Waals surface area contributed by atoms with Crippen molar-refractivity contribution >= 4 is 16.8 Å². The van der Waals surface area contributed by atoms with Gasteiger partial charge in [-0.1, -0.05) is 39.3 Å². The highest BCUT2D eigenvalue weighted by Crippen LogP contribution is 2.24. The van der Waals surface area contributed by atoms with Crippen molar-refractivity contribution in [3.63, 3.8) is 0 Å². The fourth-order valence-electron chi connectivity index (χ4n) is 3.24. The number of unbranched alkanes of at least 4 members (excludes halogenated alkanes) is 1. The van der Waals surface area contributed by atoms with Gasteiger partial charge in [0.15, 0.2) is 0 Å². The summed E-state index contributed by atoms with van der Waals surface area (Å²) < 4.78 is 1.60. The molecule has 0 aliphatic rings. The summed E-state index contributed by atoms with van der Waals surface area (Å²) in [6.07, 6.45) is 4.05. The maximum Gasteiger partial charge on any atom is 0.261 e. The average molecular weight is 343 g/mol. The highest BCUT2D eigenvalue weighted by atomic mass is 16.2. The predicted octanol–water partition coefficient (Wildman–Crippen LogP) is 3.81. The molecule has 0 bridgehead atoms. The second kappa shape index (κ2) is 8.79. The lowest BCUT2D eigenvalue weighted by Crippen LogP contribution is -2.38. The molecule has 1 heterocycles. The van der Waals surface area contributed by atoms with E-state index in [0.717, 1.165) is 25.7 Å². The molecule has 0 saturated carbocycles. The lowest BCUT2D eigenvalue weighted by Gasteiger charge is -2.31. The molecule has 25 heavy (non-hydrogen) atoms. The van der Waals surface area contributed by atoms with Crippen LogP contribution in [-0.2, 0) is 11.8 Å². The molecular weight excluding hydrogens is 314 g/mol. The summed E-state index contributed by atoms with van der Waals surface area (Å²) >= 11 is 0. The molecule has 0 aliphatic heterocycles. The minimum atomic E-state index is -0.174. The van der Waals surface area contributed by atoms with Crippen LogP contribution in [0.4, 0.5) is 0 Å². The van der Waals surface area contributed by atoms with Gasteiger partial charge in [0.1, 0.15) is 5.82 Å². The third-order valence-electron chi connectivity index (χ3n) is 4.61. The molecule has 0 N–H and O–H groups in total. The summed E-state index contributed by atoms with van der Waals surface area (Å²) in [5.74, 6) is 0.822. The van der Waals surface area contributed by atoms with Gasteiger partial charge in [-0.05, 0) is 31.4 Å². The number of para-hydroxylation sites is 1. The highest BCUT2D eigenvalue weighted by Gasteiger charge is 2.26. The number of hydrogen-bond acceptors (Lipinski definition) is 3. The molecule has 5 nitrogen and oxygen atoms in total. The number of amides is 1. The van der Waals surface area contributed by atoms with E-state index in [0.29, 0.717) is 29.7 Å². The second-order valence-electron chi connectivity index (χ2n) is 6.47. The van der Waals surface area contributed by atoms with E-state index in [4.69, 9.17) is 4.98 Å². The molecule has 0 radical (unpaired) electrons. The van der Waals surface area contributed by atoms with Crippen LogP contribution >= 0.6 is 0 Å². The van der Waals surface area contributed by atoms with Gasteiger partial charge < -0.3 is 4.90 Å². The Morgan fingerprint density at radius 2 is 1.92 bits per heavy atom. The highest BCUT2D eigenvalue weighted by molar-refractivity contribution is 5.78. The van der Waals surface area contributed by atoms with Crippen molar-refractivity contribution in [2.45, 2.75) is 58.9 Å². The Bertz CT molecular complexity index is 782. The van der Waals surface area contributed by atoms with Crippen LogP contribution < -0.4 is 5.56 Å². The van der Waals surface area contributed by atoms with E-state index in [9.17, 15) is 9.59 Å². The van der Waals surface area contributed by atoms with Crippen molar-refractivity contribution in [1.29, 1.82) is 0 Å². The lowest BCUT2D eigenvalue weighted by atomic mass is 10.1. The predicted molar refractivity (Wildman–Crippen MR) is 102 cm³/mol. The maximum absolute atomic E-state index is 12.7. The van der Waals surface area contributed by atoms with E-state index in [1.165, 1.54) is 0 Å². The molecule has 1 atom stereocenters. The number of carbonyl (C=O) groups is 1. The maximum atomic E-state index is 12.7. The second-order valence-corrected chi connectivity index (χ2v) is 6.47. The quantitative estimate of drug-likeness (QED) is 0.732. The van der Waals surface area contributed by atoms with Gasteiger partial charge in [-0.3, -0.25) is 14.2 Å². The Kier molecular flexibility index (Phi) is 6.73. The summed E-state index contributed by atoms with van der Waals surface area (Å²) in [6.45, 7) is 6.88. The zero-order valence-electron chi connectivity index (χ0n) is 15.8. The minimum Gasteiger partial charge on any atom is -0.333 e. The monoisotopic (exact) mass is 343 g/mol. The Morgan fingerprint density at radius 1 is 1.20 bits per heavy atom. The summed E-state index contributed by atoms with van der Waals surface area (Å²) in [5, 5.41) is 0.614. The topological polar surface area (TPSA) is 55.2 Å². The van der Waals surface area contributed by atoms with Gasteiger partial charge in [0.25, 0.3) is 5.56 Å². The van der Waals surface area contributed by atoms with E-state index in [2.05, 4.69) is 13.8 Å². The first-order valence-electron chi connectivity index (χ1n) is 9.30. The van der Waals surface area contributed by atoms with Crippen LogP contribution in [0.25, 0.3) is 10.9 Å². The third kappa shape index (κ3) is 4.09. The zero-order chi connectivity index (χ0) is 18.4. The number of fused-ring (bicyclic) bond motifs is 1. The largest absolute Gasteiger partial charge is 0.333 e. The fraction of sp³-hybridized carbons (Fsp3) is 0.550. The Balaban J connectivity index is 2.50. The number of carbonyl (C=O) groups excluding carboxylic acids is 1. The fourth-order valence-corrected chi connectivity index (χ4v) is 3.24. The first kappa shape index (κ1) is 19.2. The average Bonchev–Trinajstić information content (AvgIpc) is 2.63. The van der Waals surface area contributed by atoms with E-state index < -0.39 is 0 Å². The molecule has 2 rings (SSSR count). The van der Waals surface area contributed by atoms with Crippen LogP contribution in [0.15, 0.2) is 29.1 Å². The van der Waals surface area contributed by atoms with Gasteiger partial charge >= 0.3 is 0 Å². The van der Waals surface area contributed by atoms with Crippen molar-refractivity contribution in [3.8, 4) is 0 Å². The molecule has 5 heteroatoms. The molecule has 1 amide bonds. The van der Waals surface area contributed by atoms with Gasteiger partial charge in [0.05, 0.1) is 16.9 Å². The Labute approximate surface area is 149 Å². The van der Waals surface area contributed by atoms with Gasteiger partial charge in [-0.15, -0.1) is 0 Å². The van der Waals surface area contributed by atoms with Crippen LogP contribution in [0, 0.1) is 0 Å². The van der Waals surface area contributed by atoms with Crippen molar-refractivity contribution < 1.29 is 4.79 Å². The van der Waals surface area contributed by atoms with Gasteiger partial charge in [-0.2, -0.15) is 0 Å². The Hall–Kier alpha value is -2.17. The van der Waals surface area contributed by atoms with Crippen molar-refractivity contribution in [2.75, 3.05) is 6.54 Å². The summed E-state index contributed by atoms with van der Waals surface area (Å²) in [4.78, 5) is 32.1. The number of rotatable bonds is 8. The molecule has 136 valence electrons. The molecule has 0 saturated heterocycles. The minimum absolute atomic E-state index is 0.0588. The van der Waals surface area contributed by atoms with Crippen molar-refractivity contribution in [3.05, 3.63) is 40.4 Å². The van der Waals surface area contributed by atoms with Crippen LogP contribution in [0.2, 0.25) is 0 Å². The van der Waals surface area contributed by atoms with E-state index in [1.54, 1.807) is 17.7 Å². The molecule has 2 aromatic rings. The number of aromatic nitrogens is 2.